The van der Waals surface area contributed by atoms with Crippen LogP contribution in [0.1, 0.15) is 22.8 Å². The van der Waals surface area contributed by atoms with Gasteiger partial charge < -0.3 is 19.8 Å². The molecule has 0 radical (unpaired) electrons. The van der Waals surface area contributed by atoms with E-state index in [-0.39, 0.29) is 12.5 Å². The van der Waals surface area contributed by atoms with E-state index < -0.39 is 12.1 Å². The van der Waals surface area contributed by atoms with Crippen molar-refractivity contribution in [2.24, 2.45) is 0 Å². The van der Waals surface area contributed by atoms with E-state index in [0.29, 0.717) is 11.3 Å². The first-order valence-electron chi connectivity index (χ1n) is 8.37. The van der Waals surface area contributed by atoms with E-state index in [4.69, 9.17) is 9.47 Å². The number of carbonyl (C=O) groups excluding carboxylic acids is 2. The number of aromatic amines is 1. The van der Waals surface area contributed by atoms with E-state index in [1.807, 2.05) is 42.5 Å². The highest BCUT2D eigenvalue weighted by molar-refractivity contribution is 9.10. The standard InChI is InChI=1S/C20H19BrN2O4/c1-12(19(24)23-10-13-5-3-4-6-18(13)26-2)27-20(25)16-11-22-17-8-7-14(21)9-15(16)17/h3-9,11-12,22H,10H2,1-2H3,(H,23,24). The molecular formula is C20H19BrN2O4. The van der Waals surface area contributed by atoms with Crippen LogP contribution in [0.5, 0.6) is 5.75 Å². The Morgan fingerprint density at radius 2 is 2.00 bits per heavy atom. The number of hydrogen-bond donors (Lipinski definition) is 2. The van der Waals surface area contributed by atoms with Gasteiger partial charge in [-0.15, -0.1) is 0 Å². The third-order valence-corrected chi connectivity index (χ3v) is 4.66. The number of benzene rings is 2. The first-order chi connectivity index (χ1) is 13.0. The predicted molar refractivity (Wildman–Crippen MR) is 106 cm³/mol. The topological polar surface area (TPSA) is 80.4 Å². The van der Waals surface area contributed by atoms with Gasteiger partial charge in [-0.2, -0.15) is 0 Å². The Labute approximate surface area is 165 Å². The molecule has 0 aliphatic rings. The number of aromatic nitrogens is 1. The SMILES string of the molecule is COc1ccccc1CNC(=O)C(C)OC(=O)c1c[nH]c2ccc(Br)cc12. The van der Waals surface area contributed by atoms with E-state index in [9.17, 15) is 9.59 Å². The highest BCUT2D eigenvalue weighted by atomic mass is 79.9. The fourth-order valence-electron chi connectivity index (χ4n) is 2.71. The lowest BCUT2D eigenvalue weighted by Crippen LogP contribution is -2.35. The van der Waals surface area contributed by atoms with Crippen LogP contribution in [-0.2, 0) is 16.1 Å². The van der Waals surface area contributed by atoms with Crippen LogP contribution >= 0.6 is 15.9 Å². The molecule has 1 aromatic heterocycles. The number of fused-ring (bicyclic) bond motifs is 1. The minimum atomic E-state index is -0.927. The van der Waals surface area contributed by atoms with E-state index in [0.717, 1.165) is 20.9 Å². The summed E-state index contributed by atoms with van der Waals surface area (Å²) in [6, 6.07) is 13.0. The lowest BCUT2D eigenvalue weighted by molar-refractivity contribution is -0.129. The summed E-state index contributed by atoms with van der Waals surface area (Å²) in [6.07, 6.45) is 0.656. The van der Waals surface area contributed by atoms with Gasteiger partial charge in [-0.05, 0) is 31.2 Å². The second-order valence-corrected chi connectivity index (χ2v) is 6.89. The number of rotatable bonds is 6. The number of H-pyrrole nitrogens is 1. The third-order valence-electron chi connectivity index (χ3n) is 4.16. The molecule has 2 N–H and O–H groups in total. The van der Waals surface area contributed by atoms with Gasteiger partial charge in [0.25, 0.3) is 5.91 Å². The Morgan fingerprint density at radius 1 is 1.22 bits per heavy atom. The van der Waals surface area contributed by atoms with Crippen molar-refractivity contribution in [3.8, 4) is 5.75 Å². The molecule has 2 aromatic carbocycles. The van der Waals surface area contributed by atoms with Crippen molar-refractivity contribution in [1.82, 2.24) is 10.3 Å². The van der Waals surface area contributed by atoms with Gasteiger partial charge in [0.2, 0.25) is 0 Å². The second-order valence-electron chi connectivity index (χ2n) is 5.97. The second kappa shape index (κ2) is 8.26. The van der Waals surface area contributed by atoms with Gasteiger partial charge in [0, 0.05) is 33.7 Å². The van der Waals surface area contributed by atoms with Crippen LogP contribution in [-0.4, -0.2) is 30.1 Å². The largest absolute Gasteiger partial charge is 0.496 e. The third kappa shape index (κ3) is 4.31. The number of halogens is 1. The van der Waals surface area contributed by atoms with Gasteiger partial charge in [0.1, 0.15) is 5.75 Å². The number of nitrogens with one attached hydrogen (secondary N) is 2. The molecule has 0 saturated carbocycles. The molecule has 1 atom stereocenters. The molecular weight excluding hydrogens is 412 g/mol. The monoisotopic (exact) mass is 430 g/mol. The van der Waals surface area contributed by atoms with Crippen molar-refractivity contribution in [2.75, 3.05) is 7.11 Å². The maximum Gasteiger partial charge on any atom is 0.341 e. The first-order valence-corrected chi connectivity index (χ1v) is 9.16. The van der Waals surface area contributed by atoms with E-state index in [1.165, 1.54) is 0 Å². The Balaban J connectivity index is 1.63. The summed E-state index contributed by atoms with van der Waals surface area (Å²) in [5.41, 5.74) is 2.04. The molecule has 1 heterocycles. The van der Waals surface area contributed by atoms with Crippen LogP contribution in [0, 0.1) is 0 Å². The van der Waals surface area contributed by atoms with Crippen molar-refractivity contribution in [3.63, 3.8) is 0 Å². The van der Waals surface area contributed by atoms with Crippen molar-refractivity contribution < 1.29 is 19.1 Å². The first kappa shape index (κ1) is 19.0. The number of para-hydroxylation sites is 1. The fraction of sp³-hybridized carbons (Fsp3) is 0.200. The molecule has 6 nitrogen and oxygen atoms in total. The van der Waals surface area contributed by atoms with Gasteiger partial charge in [0.15, 0.2) is 6.10 Å². The maximum absolute atomic E-state index is 12.5. The highest BCUT2D eigenvalue weighted by Crippen LogP contribution is 2.23. The Hall–Kier alpha value is -2.80. The Morgan fingerprint density at radius 3 is 2.78 bits per heavy atom. The molecule has 0 bridgehead atoms. The highest BCUT2D eigenvalue weighted by Gasteiger charge is 2.21. The zero-order valence-corrected chi connectivity index (χ0v) is 16.5. The van der Waals surface area contributed by atoms with Crippen molar-refractivity contribution in [1.29, 1.82) is 0 Å². The number of carbonyl (C=O) groups is 2. The summed E-state index contributed by atoms with van der Waals surface area (Å²) < 4.78 is 11.4. The molecule has 27 heavy (non-hydrogen) atoms. The Kier molecular flexibility index (Phi) is 5.81. The van der Waals surface area contributed by atoms with Gasteiger partial charge >= 0.3 is 5.97 Å². The normalized spacial score (nSPS) is 11.8. The zero-order valence-electron chi connectivity index (χ0n) is 14.9. The number of ether oxygens (including phenoxy) is 2. The summed E-state index contributed by atoms with van der Waals surface area (Å²) >= 11 is 3.39. The van der Waals surface area contributed by atoms with Crippen molar-refractivity contribution in [3.05, 3.63) is 64.3 Å². The number of esters is 1. The number of amides is 1. The van der Waals surface area contributed by atoms with Crippen LogP contribution in [0.2, 0.25) is 0 Å². The molecule has 1 unspecified atom stereocenters. The predicted octanol–water partition coefficient (Wildman–Crippen LogP) is 3.80. The van der Waals surface area contributed by atoms with Crippen LogP contribution in [0.25, 0.3) is 10.9 Å². The molecule has 7 heteroatoms. The smallest absolute Gasteiger partial charge is 0.341 e. The number of hydrogen-bond acceptors (Lipinski definition) is 4. The van der Waals surface area contributed by atoms with Gasteiger partial charge in [-0.1, -0.05) is 34.1 Å². The van der Waals surface area contributed by atoms with Crippen LogP contribution in [0.4, 0.5) is 0 Å². The summed E-state index contributed by atoms with van der Waals surface area (Å²) in [5, 5.41) is 3.49. The summed E-state index contributed by atoms with van der Waals surface area (Å²) in [4.78, 5) is 27.8. The number of methoxy groups -OCH3 is 1. The van der Waals surface area contributed by atoms with Crippen LogP contribution in [0.3, 0.4) is 0 Å². The van der Waals surface area contributed by atoms with E-state index in [2.05, 4.69) is 26.2 Å². The van der Waals surface area contributed by atoms with E-state index >= 15 is 0 Å². The fourth-order valence-corrected chi connectivity index (χ4v) is 3.08. The molecule has 0 aliphatic heterocycles. The van der Waals surface area contributed by atoms with Gasteiger partial charge in [-0.3, -0.25) is 4.79 Å². The molecule has 0 aliphatic carbocycles. The Bertz CT molecular complexity index is 983. The van der Waals surface area contributed by atoms with Crippen LogP contribution in [0.15, 0.2) is 53.1 Å². The minimum Gasteiger partial charge on any atom is -0.496 e. The van der Waals surface area contributed by atoms with Gasteiger partial charge in [-0.25, -0.2) is 4.79 Å². The lowest BCUT2D eigenvalue weighted by Gasteiger charge is -2.14. The average molecular weight is 431 g/mol. The van der Waals surface area contributed by atoms with E-state index in [1.54, 1.807) is 20.2 Å². The molecule has 3 rings (SSSR count). The average Bonchev–Trinajstić information content (AvgIpc) is 3.09. The minimum absolute atomic E-state index is 0.283. The quantitative estimate of drug-likeness (QED) is 0.582. The van der Waals surface area contributed by atoms with Crippen molar-refractivity contribution in [2.45, 2.75) is 19.6 Å². The molecule has 0 saturated heterocycles. The summed E-state index contributed by atoms with van der Waals surface area (Å²) in [6.45, 7) is 1.82. The lowest BCUT2D eigenvalue weighted by atomic mass is 10.2. The summed E-state index contributed by atoms with van der Waals surface area (Å²) in [7, 11) is 1.57. The molecule has 0 spiro atoms. The van der Waals surface area contributed by atoms with Crippen LogP contribution < -0.4 is 10.1 Å². The summed E-state index contributed by atoms with van der Waals surface area (Å²) in [5.74, 6) is -0.249. The molecule has 3 aromatic rings. The molecule has 140 valence electrons. The molecule has 0 fully saturated rings. The maximum atomic E-state index is 12.5. The van der Waals surface area contributed by atoms with Crippen molar-refractivity contribution >= 4 is 38.7 Å². The zero-order chi connectivity index (χ0) is 19.4. The van der Waals surface area contributed by atoms with Gasteiger partial charge in [0.05, 0.1) is 12.7 Å². The molecule has 1 amide bonds.